The van der Waals surface area contributed by atoms with E-state index in [1.165, 1.54) is 6.20 Å². The van der Waals surface area contributed by atoms with Gasteiger partial charge in [0.2, 0.25) is 0 Å². The predicted molar refractivity (Wildman–Crippen MR) is 93.4 cm³/mol. The van der Waals surface area contributed by atoms with Gasteiger partial charge in [0.1, 0.15) is 5.75 Å². The molecule has 1 amide bonds. The Morgan fingerprint density at radius 3 is 2.83 bits per heavy atom. The maximum Gasteiger partial charge on any atom is 0.255 e. The van der Waals surface area contributed by atoms with E-state index < -0.39 is 0 Å². The highest BCUT2D eigenvalue weighted by Crippen LogP contribution is 2.30. The van der Waals surface area contributed by atoms with Gasteiger partial charge in [-0.3, -0.25) is 9.89 Å². The summed E-state index contributed by atoms with van der Waals surface area (Å²) in [7, 11) is 1.54. The molecule has 0 saturated heterocycles. The van der Waals surface area contributed by atoms with Crippen LogP contribution in [0.3, 0.4) is 0 Å². The molecule has 0 aliphatic rings. The fourth-order valence-electron chi connectivity index (χ4n) is 2.40. The summed E-state index contributed by atoms with van der Waals surface area (Å²) in [4.78, 5) is 12.6. The number of nitrogens with zero attached hydrogens (tertiary/aromatic N) is 1. The Morgan fingerprint density at radius 1 is 1.50 bits per heavy atom. The summed E-state index contributed by atoms with van der Waals surface area (Å²) in [6.07, 6.45) is 2.33. The maximum absolute atomic E-state index is 12.6. The van der Waals surface area contributed by atoms with Gasteiger partial charge >= 0.3 is 0 Å². The summed E-state index contributed by atoms with van der Waals surface area (Å²) in [6.45, 7) is 3.89. The third-order valence-electron chi connectivity index (χ3n) is 4.17. The molecular weight excluding hydrogens is 330 g/mol. The Labute approximate surface area is 146 Å². The van der Waals surface area contributed by atoms with Crippen LogP contribution in [0.25, 0.3) is 11.3 Å². The number of carbonyl (C=O) groups excluding carboxylic acids is 1. The minimum Gasteiger partial charge on any atom is -0.495 e. The van der Waals surface area contributed by atoms with Crippen molar-refractivity contribution in [1.82, 2.24) is 15.5 Å². The van der Waals surface area contributed by atoms with Crippen LogP contribution in [0.15, 0.2) is 24.4 Å². The van der Waals surface area contributed by atoms with Gasteiger partial charge in [0.15, 0.2) is 0 Å². The largest absolute Gasteiger partial charge is 0.495 e. The third-order valence-corrected chi connectivity index (χ3v) is 4.46. The van der Waals surface area contributed by atoms with Crippen molar-refractivity contribution in [2.75, 3.05) is 13.7 Å². The molecule has 7 heteroatoms. The molecule has 1 heterocycles. The molecule has 1 aromatic carbocycles. The molecule has 24 heavy (non-hydrogen) atoms. The zero-order valence-corrected chi connectivity index (χ0v) is 14.7. The van der Waals surface area contributed by atoms with Crippen molar-refractivity contribution in [3.05, 3.63) is 35.0 Å². The van der Waals surface area contributed by atoms with Gasteiger partial charge in [-0.25, -0.2) is 0 Å². The van der Waals surface area contributed by atoms with Gasteiger partial charge in [0.25, 0.3) is 5.91 Å². The van der Waals surface area contributed by atoms with E-state index in [0.29, 0.717) is 22.0 Å². The Hall–Kier alpha value is -2.05. The highest BCUT2D eigenvalue weighted by molar-refractivity contribution is 6.32. The van der Waals surface area contributed by atoms with E-state index in [9.17, 15) is 9.90 Å². The summed E-state index contributed by atoms with van der Waals surface area (Å²) in [5.41, 5.74) is 1.70. The number of H-pyrrole nitrogens is 1. The molecule has 1 aromatic heterocycles. The number of hydrogen-bond donors (Lipinski definition) is 3. The van der Waals surface area contributed by atoms with Gasteiger partial charge in [-0.2, -0.15) is 5.10 Å². The number of nitrogens with one attached hydrogen (secondary N) is 2. The molecule has 2 atom stereocenters. The summed E-state index contributed by atoms with van der Waals surface area (Å²) < 4.78 is 5.14. The zero-order chi connectivity index (χ0) is 17.7. The van der Waals surface area contributed by atoms with Crippen molar-refractivity contribution in [3.63, 3.8) is 0 Å². The quantitative estimate of drug-likeness (QED) is 0.715. The molecule has 2 rings (SSSR count). The normalized spacial score (nSPS) is 13.4. The lowest BCUT2D eigenvalue weighted by Gasteiger charge is -2.22. The Morgan fingerprint density at radius 2 is 2.25 bits per heavy atom. The highest BCUT2D eigenvalue weighted by Gasteiger charge is 2.22. The zero-order valence-electron chi connectivity index (χ0n) is 14.0. The number of rotatable bonds is 7. The maximum atomic E-state index is 12.6. The van der Waals surface area contributed by atoms with E-state index in [0.717, 1.165) is 12.0 Å². The van der Waals surface area contributed by atoms with Crippen molar-refractivity contribution in [2.24, 2.45) is 5.92 Å². The number of aromatic amines is 1. The van der Waals surface area contributed by atoms with Gasteiger partial charge in [-0.15, -0.1) is 0 Å². The number of hydrogen-bond acceptors (Lipinski definition) is 4. The fraction of sp³-hybridized carbons (Fsp3) is 0.412. The number of carbonyl (C=O) groups is 1. The second kappa shape index (κ2) is 8.17. The third kappa shape index (κ3) is 3.88. The van der Waals surface area contributed by atoms with Crippen molar-refractivity contribution in [2.45, 2.75) is 26.3 Å². The first kappa shape index (κ1) is 18.3. The molecule has 0 bridgehead atoms. The average Bonchev–Trinajstić information content (AvgIpc) is 3.08. The second-order valence-corrected chi connectivity index (χ2v) is 6.06. The summed E-state index contributed by atoms with van der Waals surface area (Å²) in [6, 6.07) is 4.94. The standard InChI is InChI=1S/C17H22ClN3O3/c1-4-10(2)14(9-22)20-17(23)12-8-19-21-16(12)11-5-6-15(24-3)13(18)7-11/h5-8,10,14,22H,4,9H2,1-3H3,(H,19,21)(H,20,23)/t10-,14-/m0/s1. The number of aliphatic hydroxyl groups excluding tert-OH is 1. The molecule has 130 valence electrons. The minimum absolute atomic E-state index is 0.109. The number of aromatic nitrogens is 2. The highest BCUT2D eigenvalue weighted by atomic mass is 35.5. The van der Waals surface area contributed by atoms with Crippen LogP contribution in [0.4, 0.5) is 0 Å². The Balaban J connectivity index is 2.26. The SMILES string of the molecule is CC[C@H](C)[C@H](CO)NC(=O)c1cn[nH]c1-c1ccc(OC)c(Cl)c1. The van der Waals surface area contributed by atoms with Crippen LogP contribution in [-0.2, 0) is 0 Å². The van der Waals surface area contributed by atoms with Crippen LogP contribution in [0.1, 0.15) is 30.6 Å². The minimum atomic E-state index is -0.301. The van der Waals surface area contributed by atoms with Crippen molar-refractivity contribution in [3.8, 4) is 17.0 Å². The molecule has 0 aliphatic heterocycles. The van der Waals surface area contributed by atoms with Crippen molar-refractivity contribution in [1.29, 1.82) is 0 Å². The van der Waals surface area contributed by atoms with E-state index >= 15 is 0 Å². The van der Waals surface area contributed by atoms with Crippen LogP contribution in [0.5, 0.6) is 5.75 Å². The molecule has 0 aliphatic carbocycles. The van der Waals surface area contributed by atoms with Crippen LogP contribution < -0.4 is 10.1 Å². The van der Waals surface area contributed by atoms with Gasteiger partial charge in [-0.1, -0.05) is 31.9 Å². The number of methoxy groups -OCH3 is 1. The van der Waals surface area contributed by atoms with E-state index in [1.54, 1.807) is 25.3 Å². The van der Waals surface area contributed by atoms with E-state index in [1.807, 2.05) is 13.8 Å². The molecule has 0 saturated carbocycles. The molecule has 0 fully saturated rings. The lowest BCUT2D eigenvalue weighted by molar-refractivity contribution is 0.0892. The molecule has 6 nitrogen and oxygen atoms in total. The number of benzene rings is 1. The summed E-state index contributed by atoms with van der Waals surface area (Å²) in [5, 5.41) is 19.6. The first-order valence-corrected chi connectivity index (χ1v) is 8.18. The number of halogens is 1. The molecular formula is C17H22ClN3O3. The fourth-order valence-corrected chi connectivity index (χ4v) is 2.66. The van der Waals surface area contributed by atoms with Gasteiger partial charge in [0.05, 0.1) is 42.2 Å². The number of ether oxygens (including phenoxy) is 1. The summed E-state index contributed by atoms with van der Waals surface area (Å²) in [5.74, 6) is 0.442. The summed E-state index contributed by atoms with van der Waals surface area (Å²) >= 11 is 6.15. The molecule has 0 spiro atoms. The molecule has 0 unspecified atom stereocenters. The predicted octanol–water partition coefficient (Wildman–Crippen LogP) is 2.88. The molecule has 3 N–H and O–H groups in total. The molecule has 2 aromatic rings. The van der Waals surface area contributed by atoms with Crippen LogP contribution >= 0.6 is 11.6 Å². The Bertz CT molecular complexity index is 702. The average molecular weight is 352 g/mol. The van der Waals surface area contributed by atoms with Crippen LogP contribution in [0.2, 0.25) is 5.02 Å². The monoisotopic (exact) mass is 351 g/mol. The number of amides is 1. The number of aliphatic hydroxyl groups is 1. The van der Waals surface area contributed by atoms with Gasteiger partial charge in [-0.05, 0) is 24.1 Å². The van der Waals surface area contributed by atoms with E-state index in [-0.39, 0.29) is 24.5 Å². The Kier molecular flexibility index (Phi) is 6.23. The van der Waals surface area contributed by atoms with E-state index in [4.69, 9.17) is 16.3 Å². The van der Waals surface area contributed by atoms with Crippen LogP contribution in [0, 0.1) is 5.92 Å². The topological polar surface area (TPSA) is 87.2 Å². The van der Waals surface area contributed by atoms with E-state index in [2.05, 4.69) is 15.5 Å². The second-order valence-electron chi connectivity index (χ2n) is 5.66. The smallest absolute Gasteiger partial charge is 0.255 e. The first-order chi connectivity index (χ1) is 11.5. The lowest BCUT2D eigenvalue weighted by Crippen LogP contribution is -2.41. The first-order valence-electron chi connectivity index (χ1n) is 7.80. The lowest BCUT2D eigenvalue weighted by atomic mass is 9.99. The van der Waals surface area contributed by atoms with Crippen LogP contribution in [-0.4, -0.2) is 41.0 Å². The van der Waals surface area contributed by atoms with Crippen molar-refractivity contribution < 1.29 is 14.6 Å². The molecule has 0 radical (unpaired) electrons. The van der Waals surface area contributed by atoms with Gasteiger partial charge < -0.3 is 15.2 Å². The van der Waals surface area contributed by atoms with Gasteiger partial charge in [0, 0.05) is 5.56 Å². The van der Waals surface area contributed by atoms with Crippen molar-refractivity contribution >= 4 is 17.5 Å².